The van der Waals surface area contributed by atoms with Gasteiger partial charge in [-0.05, 0) is 18.2 Å². The number of hydrogen-bond acceptors (Lipinski definition) is 5. The molecule has 1 amide bonds. The van der Waals surface area contributed by atoms with Crippen LogP contribution in [0.3, 0.4) is 0 Å². The zero-order chi connectivity index (χ0) is 16.2. The molecule has 1 rings (SSSR count). The number of nitrogens with two attached hydrogens (primary N) is 1. The third-order valence-electron chi connectivity index (χ3n) is 2.35. The number of carbonyl (C=O) groups is 2. The van der Waals surface area contributed by atoms with Crippen LogP contribution in [0.25, 0.3) is 0 Å². The first kappa shape index (κ1) is 16.9. The maximum atomic E-state index is 12.1. The fraction of sp³-hybridized carbons (Fsp3) is 0.182. The molecular formula is C11H10ClN3O5S. The molecule has 0 spiro atoms. The average molecular weight is 332 g/mol. The van der Waals surface area contributed by atoms with E-state index in [1.54, 1.807) is 6.07 Å². The van der Waals surface area contributed by atoms with Crippen LogP contribution in [0, 0.1) is 11.3 Å². The van der Waals surface area contributed by atoms with E-state index in [9.17, 15) is 18.0 Å². The predicted octanol–water partition coefficient (Wildman–Crippen LogP) is -0.181. The Morgan fingerprint density at radius 1 is 1.48 bits per heavy atom. The molecule has 0 heterocycles. The summed E-state index contributed by atoms with van der Waals surface area (Å²) in [4.78, 5) is 21.3. The fourth-order valence-electron chi connectivity index (χ4n) is 1.42. The standard InChI is InChI=1S/C11H10ClN3O5S/c12-7-3-6(5-13)1-2-9(7)21(19,20)15-8(11(17)18)4-10(14)16/h1-3,8,15H,4H2,(H2,14,16)(H,17,18)/t8-/m0/s1. The maximum Gasteiger partial charge on any atom is 0.322 e. The first-order chi connectivity index (χ1) is 9.67. The van der Waals surface area contributed by atoms with E-state index < -0.39 is 39.3 Å². The summed E-state index contributed by atoms with van der Waals surface area (Å²) in [6.45, 7) is 0. The summed E-state index contributed by atoms with van der Waals surface area (Å²) in [7, 11) is -4.29. The number of benzene rings is 1. The Balaban J connectivity index is 3.13. The maximum absolute atomic E-state index is 12.1. The van der Waals surface area contributed by atoms with E-state index in [4.69, 9.17) is 27.7 Å². The van der Waals surface area contributed by atoms with E-state index >= 15 is 0 Å². The van der Waals surface area contributed by atoms with Gasteiger partial charge >= 0.3 is 5.97 Å². The lowest BCUT2D eigenvalue weighted by Crippen LogP contribution is -2.43. The lowest BCUT2D eigenvalue weighted by atomic mass is 10.2. The molecule has 4 N–H and O–H groups in total. The molecule has 1 aromatic carbocycles. The van der Waals surface area contributed by atoms with Crippen LogP contribution < -0.4 is 10.5 Å². The van der Waals surface area contributed by atoms with Crippen LogP contribution in [-0.2, 0) is 19.6 Å². The van der Waals surface area contributed by atoms with Crippen LogP contribution in [0.2, 0.25) is 5.02 Å². The number of nitriles is 1. The summed E-state index contributed by atoms with van der Waals surface area (Å²) in [5.41, 5.74) is 5.00. The van der Waals surface area contributed by atoms with E-state index in [1.165, 1.54) is 6.07 Å². The molecule has 0 radical (unpaired) electrons. The van der Waals surface area contributed by atoms with Gasteiger partial charge in [0.25, 0.3) is 0 Å². The van der Waals surface area contributed by atoms with Crippen LogP contribution >= 0.6 is 11.6 Å². The third-order valence-corrected chi connectivity index (χ3v) is 4.31. The fourth-order valence-corrected chi connectivity index (χ4v) is 3.15. The van der Waals surface area contributed by atoms with Crippen molar-refractivity contribution in [3.05, 3.63) is 28.8 Å². The molecule has 10 heteroatoms. The van der Waals surface area contributed by atoms with Gasteiger partial charge in [-0.25, -0.2) is 8.42 Å². The Bertz CT molecular complexity index is 726. The molecule has 8 nitrogen and oxygen atoms in total. The second-order valence-corrected chi connectivity index (χ2v) is 6.03. The van der Waals surface area contributed by atoms with Crippen molar-refractivity contribution in [1.29, 1.82) is 5.26 Å². The Kier molecular flexibility index (Phi) is 5.26. The van der Waals surface area contributed by atoms with Crippen molar-refractivity contribution in [3.63, 3.8) is 0 Å². The number of aliphatic carboxylic acids is 1. The Morgan fingerprint density at radius 3 is 2.52 bits per heavy atom. The van der Waals surface area contributed by atoms with Gasteiger partial charge in [-0.1, -0.05) is 11.6 Å². The number of carboxylic acid groups (broad SMARTS) is 1. The summed E-state index contributed by atoms with van der Waals surface area (Å²) in [6.07, 6.45) is -0.706. The highest BCUT2D eigenvalue weighted by molar-refractivity contribution is 7.89. The second kappa shape index (κ2) is 6.53. The lowest BCUT2D eigenvalue weighted by molar-refractivity contribution is -0.140. The van der Waals surface area contributed by atoms with Crippen molar-refractivity contribution in [2.24, 2.45) is 5.73 Å². The topological polar surface area (TPSA) is 150 Å². The minimum Gasteiger partial charge on any atom is -0.480 e. The number of rotatable bonds is 6. The zero-order valence-electron chi connectivity index (χ0n) is 10.4. The number of nitrogens with one attached hydrogen (secondary N) is 1. The van der Waals surface area contributed by atoms with Crippen LogP contribution in [0.5, 0.6) is 0 Å². The predicted molar refractivity (Wildman–Crippen MR) is 71.7 cm³/mol. The van der Waals surface area contributed by atoms with Gasteiger partial charge in [-0.3, -0.25) is 9.59 Å². The van der Waals surface area contributed by atoms with Gasteiger partial charge in [-0.15, -0.1) is 0 Å². The van der Waals surface area contributed by atoms with E-state index in [-0.39, 0.29) is 10.6 Å². The molecule has 1 atom stereocenters. The third kappa shape index (κ3) is 4.42. The first-order valence-electron chi connectivity index (χ1n) is 5.40. The van der Waals surface area contributed by atoms with E-state index in [0.717, 1.165) is 12.1 Å². The molecule has 0 saturated carbocycles. The van der Waals surface area contributed by atoms with Crippen LogP contribution in [0.15, 0.2) is 23.1 Å². The van der Waals surface area contributed by atoms with Crippen LogP contribution in [-0.4, -0.2) is 31.4 Å². The second-order valence-electron chi connectivity index (χ2n) is 3.94. The van der Waals surface area contributed by atoms with E-state index in [0.29, 0.717) is 0 Å². The van der Waals surface area contributed by atoms with E-state index in [2.05, 4.69) is 0 Å². The smallest absolute Gasteiger partial charge is 0.322 e. The summed E-state index contributed by atoms with van der Waals surface area (Å²) >= 11 is 5.75. The van der Waals surface area contributed by atoms with Crippen molar-refractivity contribution >= 4 is 33.5 Å². The number of carboxylic acids is 1. The van der Waals surface area contributed by atoms with Gasteiger partial charge in [0.1, 0.15) is 10.9 Å². The number of carbonyl (C=O) groups excluding carboxylic acids is 1. The van der Waals surface area contributed by atoms with Crippen molar-refractivity contribution in [3.8, 4) is 6.07 Å². The van der Waals surface area contributed by atoms with Gasteiger partial charge in [0.15, 0.2) is 0 Å². The van der Waals surface area contributed by atoms with Gasteiger partial charge in [-0.2, -0.15) is 9.98 Å². The minimum absolute atomic E-state index is 0.144. The molecule has 0 aromatic heterocycles. The normalized spacial score (nSPS) is 12.4. The highest BCUT2D eigenvalue weighted by Gasteiger charge is 2.28. The van der Waals surface area contributed by atoms with Gasteiger partial charge in [0.2, 0.25) is 15.9 Å². The SMILES string of the molecule is N#Cc1ccc(S(=O)(=O)N[C@@H](CC(N)=O)C(=O)O)c(Cl)c1. The molecule has 0 aliphatic heterocycles. The molecular weight excluding hydrogens is 322 g/mol. The Morgan fingerprint density at radius 2 is 2.10 bits per heavy atom. The monoisotopic (exact) mass is 331 g/mol. The highest BCUT2D eigenvalue weighted by atomic mass is 35.5. The molecule has 1 aromatic rings. The summed E-state index contributed by atoms with van der Waals surface area (Å²) in [6, 6.07) is 3.47. The van der Waals surface area contributed by atoms with Crippen molar-refractivity contribution < 1.29 is 23.1 Å². The van der Waals surface area contributed by atoms with Gasteiger partial charge in [0, 0.05) is 0 Å². The lowest BCUT2D eigenvalue weighted by Gasteiger charge is -2.14. The van der Waals surface area contributed by atoms with Gasteiger partial charge < -0.3 is 10.8 Å². The summed E-state index contributed by atoms with van der Waals surface area (Å²) in [5, 5.41) is 17.3. The summed E-state index contributed by atoms with van der Waals surface area (Å²) in [5.74, 6) is -2.53. The highest BCUT2D eigenvalue weighted by Crippen LogP contribution is 2.22. The molecule has 0 aliphatic rings. The average Bonchev–Trinajstić information content (AvgIpc) is 2.36. The number of nitrogens with zero attached hydrogens (tertiary/aromatic N) is 1. The largest absolute Gasteiger partial charge is 0.480 e. The van der Waals surface area contributed by atoms with Crippen molar-refractivity contribution in [2.75, 3.05) is 0 Å². The van der Waals surface area contributed by atoms with E-state index in [1.807, 2.05) is 4.72 Å². The first-order valence-corrected chi connectivity index (χ1v) is 7.26. The van der Waals surface area contributed by atoms with Crippen LogP contribution in [0.1, 0.15) is 12.0 Å². The summed E-state index contributed by atoms with van der Waals surface area (Å²) < 4.78 is 25.9. The number of amides is 1. The molecule has 112 valence electrons. The molecule has 21 heavy (non-hydrogen) atoms. The molecule has 0 aliphatic carbocycles. The Hall–Kier alpha value is -2.15. The number of primary amides is 1. The van der Waals surface area contributed by atoms with Crippen molar-refractivity contribution in [2.45, 2.75) is 17.4 Å². The zero-order valence-corrected chi connectivity index (χ0v) is 12.0. The Labute approximate surface area is 125 Å². The van der Waals surface area contributed by atoms with Gasteiger partial charge in [0.05, 0.1) is 23.1 Å². The van der Waals surface area contributed by atoms with Crippen LogP contribution in [0.4, 0.5) is 0 Å². The van der Waals surface area contributed by atoms with Crippen molar-refractivity contribution in [1.82, 2.24) is 4.72 Å². The molecule has 0 fully saturated rings. The minimum atomic E-state index is -4.29. The molecule has 0 unspecified atom stereocenters. The quantitative estimate of drug-likeness (QED) is 0.657. The number of sulfonamides is 1. The number of halogens is 1. The number of hydrogen-bond donors (Lipinski definition) is 3. The molecule has 0 saturated heterocycles. The molecule has 0 bridgehead atoms.